The van der Waals surface area contributed by atoms with Gasteiger partial charge in [-0.05, 0) is 24.6 Å². The summed E-state index contributed by atoms with van der Waals surface area (Å²) in [6.45, 7) is 0.999. The summed E-state index contributed by atoms with van der Waals surface area (Å²) in [5.41, 5.74) is 1.38. The third kappa shape index (κ3) is 2.09. The third-order valence-electron chi connectivity index (χ3n) is 4.43. The lowest BCUT2D eigenvalue weighted by atomic mass is 10.1. The van der Waals surface area contributed by atoms with E-state index >= 15 is 0 Å². The second-order valence-electron chi connectivity index (χ2n) is 5.74. The van der Waals surface area contributed by atoms with Gasteiger partial charge in [0.05, 0.1) is 4.90 Å². The SMILES string of the molecule is O=C1c2ccccc2[C@@H]2N1CCCN2S(=O)(=O)c1ccccc1. The predicted molar refractivity (Wildman–Crippen MR) is 85.2 cm³/mol. The van der Waals surface area contributed by atoms with Crippen LogP contribution in [0.4, 0.5) is 0 Å². The number of sulfonamides is 1. The van der Waals surface area contributed by atoms with Gasteiger partial charge in [-0.3, -0.25) is 4.79 Å². The van der Waals surface area contributed by atoms with Gasteiger partial charge in [-0.1, -0.05) is 36.4 Å². The lowest BCUT2D eigenvalue weighted by Gasteiger charge is -2.39. The van der Waals surface area contributed by atoms with Crippen molar-refractivity contribution < 1.29 is 13.2 Å². The molecule has 2 aromatic carbocycles. The van der Waals surface area contributed by atoms with Gasteiger partial charge in [0, 0.05) is 24.2 Å². The maximum atomic E-state index is 13.0. The van der Waals surface area contributed by atoms with Crippen molar-refractivity contribution >= 4 is 15.9 Å². The number of carbonyl (C=O) groups is 1. The molecule has 0 saturated carbocycles. The van der Waals surface area contributed by atoms with Crippen molar-refractivity contribution in [2.75, 3.05) is 13.1 Å². The third-order valence-corrected chi connectivity index (χ3v) is 6.29. The van der Waals surface area contributed by atoms with E-state index in [-0.39, 0.29) is 10.8 Å². The molecule has 0 N–H and O–H groups in total. The largest absolute Gasteiger partial charge is 0.318 e. The number of amides is 1. The van der Waals surface area contributed by atoms with Gasteiger partial charge in [-0.15, -0.1) is 0 Å². The van der Waals surface area contributed by atoms with Crippen LogP contribution in [-0.4, -0.2) is 36.6 Å². The molecule has 2 aromatic rings. The van der Waals surface area contributed by atoms with Gasteiger partial charge in [0.25, 0.3) is 5.91 Å². The highest BCUT2D eigenvalue weighted by molar-refractivity contribution is 7.89. The zero-order valence-corrected chi connectivity index (χ0v) is 13.2. The maximum absolute atomic E-state index is 13.0. The average Bonchev–Trinajstić information content (AvgIpc) is 2.89. The molecule has 0 spiro atoms. The first kappa shape index (κ1) is 14.4. The molecule has 2 aliphatic rings. The number of hydrogen-bond acceptors (Lipinski definition) is 3. The van der Waals surface area contributed by atoms with Crippen molar-refractivity contribution in [1.82, 2.24) is 9.21 Å². The van der Waals surface area contributed by atoms with Gasteiger partial charge < -0.3 is 4.90 Å². The molecule has 2 aliphatic heterocycles. The van der Waals surface area contributed by atoms with Crippen molar-refractivity contribution in [3.05, 3.63) is 65.7 Å². The summed E-state index contributed by atoms with van der Waals surface area (Å²) in [4.78, 5) is 14.5. The summed E-state index contributed by atoms with van der Waals surface area (Å²) in [5, 5.41) is 0. The minimum absolute atomic E-state index is 0.0847. The zero-order valence-electron chi connectivity index (χ0n) is 12.4. The zero-order chi connectivity index (χ0) is 16.0. The molecule has 0 unspecified atom stereocenters. The molecule has 1 amide bonds. The van der Waals surface area contributed by atoms with Crippen LogP contribution in [0, 0.1) is 0 Å². The summed E-state index contributed by atoms with van der Waals surface area (Å²) in [5.74, 6) is -0.0847. The lowest BCUT2D eigenvalue weighted by molar-refractivity contribution is 0.0470. The van der Waals surface area contributed by atoms with Crippen molar-refractivity contribution in [1.29, 1.82) is 0 Å². The smallest absolute Gasteiger partial charge is 0.255 e. The molecular weight excluding hydrogens is 312 g/mol. The summed E-state index contributed by atoms with van der Waals surface area (Å²) in [6, 6.07) is 15.7. The first-order valence-electron chi connectivity index (χ1n) is 7.57. The molecule has 0 aromatic heterocycles. The number of carbonyl (C=O) groups excluding carboxylic acids is 1. The molecule has 0 radical (unpaired) electrons. The highest BCUT2D eigenvalue weighted by atomic mass is 32.2. The van der Waals surface area contributed by atoms with Gasteiger partial charge >= 0.3 is 0 Å². The van der Waals surface area contributed by atoms with Crippen LogP contribution in [0.1, 0.15) is 28.5 Å². The highest BCUT2D eigenvalue weighted by Gasteiger charge is 2.46. The monoisotopic (exact) mass is 328 g/mol. The van der Waals surface area contributed by atoms with E-state index in [1.54, 1.807) is 41.3 Å². The molecule has 1 saturated heterocycles. The topological polar surface area (TPSA) is 57.7 Å². The Balaban J connectivity index is 1.83. The van der Waals surface area contributed by atoms with Crippen LogP contribution in [0.5, 0.6) is 0 Å². The second kappa shape index (κ2) is 5.18. The Bertz CT molecular complexity index is 864. The fourth-order valence-corrected chi connectivity index (χ4v) is 5.02. The number of hydrogen-bond donors (Lipinski definition) is 0. The van der Waals surface area contributed by atoms with E-state index in [9.17, 15) is 13.2 Å². The number of benzene rings is 2. The predicted octanol–water partition coefficient (Wildman–Crippen LogP) is 2.24. The fraction of sp³-hybridized carbons (Fsp3) is 0.235. The van der Waals surface area contributed by atoms with Gasteiger partial charge in [0.1, 0.15) is 6.17 Å². The van der Waals surface area contributed by atoms with Crippen LogP contribution < -0.4 is 0 Å². The lowest BCUT2D eigenvalue weighted by Crippen LogP contribution is -2.48. The standard InChI is InChI=1S/C17H16N2O3S/c20-17-15-10-5-4-9-14(15)16-18(17)11-6-12-19(16)23(21,22)13-7-2-1-3-8-13/h1-5,7-10,16H,6,11-12H2/t16-/m1/s1. The average molecular weight is 328 g/mol. The van der Waals surface area contributed by atoms with E-state index in [0.29, 0.717) is 25.1 Å². The Morgan fingerprint density at radius 2 is 1.61 bits per heavy atom. The van der Waals surface area contributed by atoms with Crippen molar-refractivity contribution in [3.63, 3.8) is 0 Å². The van der Waals surface area contributed by atoms with Crippen LogP contribution in [0.15, 0.2) is 59.5 Å². The normalized spacial score (nSPS) is 21.1. The van der Waals surface area contributed by atoms with Gasteiger partial charge in [0.2, 0.25) is 10.0 Å². The van der Waals surface area contributed by atoms with E-state index < -0.39 is 16.2 Å². The Kier molecular flexibility index (Phi) is 3.25. The molecular formula is C17H16N2O3S. The fourth-order valence-electron chi connectivity index (χ4n) is 3.38. The minimum Gasteiger partial charge on any atom is -0.318 e. The highest BCUT2D eigenvalue weighted by Crippen LogP contribution is 2.41. The Hall–Kier alpha value is -2.18. The van der Waals surface area contributed by atoms with E-state index in [2.05, 4.69) is 0 Å². The van der Waals surface area contributed by atoms with E-state index in [0.717, 1.165) is 5.56 Å². The summed E-state index contributed by atoms with van der Waals surface area (Å²) in [6.07, 6.45) is 0.111. The van der Waals surface area contributed by atoms with Gasteiger partial charge in [-0.25, -0.2) is 8.42 Å². The van der Waals surface area contributed by atoms with Crippen LogP contribution in [-0.2, 0) is 10.0 Å². The summed E-state index contributed by atoms with van der Waals surface area (Å²) in [7, 11) is -3.64. The van der Waals surface area contributed by atoms with Crippen molar-refractivity contribution in [2.45, 2.75) is 17.5 Å². The Morgan fingerprint density at radius 1 is 0.913 bits per heavy atom. The number of fused-ring (bicyclic) bond motifs is 3. The molecule has 0 bridgehead atoms. The van der Waals surface area contributed by atoms with Gasteiger partial charge in [-0.2, -0.15) is 4.31 Å². The molecule has 1 atom stereocenters. The minimum atomic E-state index is -3.64. The van der Waals surface area contributed by atoms with Crippen LogP contribution in [0.3, 0.4) is 0 Å². The van der Waals surface area contributed by atoms with Crippen LogP contribution in [0.2, 0.25) is 0 Å². The molecule has 4 rings (SSSR count). The molecule has 23 heavy (non-hydrogen) atoms. The molecule has 1 fully saturated rings. The van der Waals surface area contributed by atoms with Gasteiger partial charge in [0.15, 0.2) is 0 Å². The Labute approximate surface area is 135 Å². The first-order chi connectivity index (χ1) is 11.1. The molecule has 118 valence electrons. The molecule has 2 heterocycles. The van der Waals surface area contributed by atoms with Crippen molar-refractivity contribution in [2.24, 2.45) is 0 Å². The number of rotatable bonds is 2. The molecule has 6 heteroatoms. The van der Waals surface area contributed by atoms with Crippen LogP contribution >= 0.6 is 0 Å². The summed E-state index contributed by atoms with van der Waals surface area (Å²) < 4.78 is 27.5. The van der Waals surface area contributed by atoms with Crippen molar-refractivity contribution in [3.8, 4) is 0 Å². The van der Waals surface area contributed by atoms with Crippen LogP contribution in [0.25, 0.3) is 0 Å². The Morgan fingerprint density at radius 3 is 2.39 bits per heavy atom. The molecule has 5 nitrogen and oxygen atoms in total. The molecule has 0 aliphatic carbocycles. The first-order valence-corrected chi connectivity index (χ1v) is 9.01. The van der Waals surface area contributed by atoms with E-state index in [1.807, 2.05) is 18.2 Å². The van der Waals surface area contributed by atoms with E-state index in [1.165, 1.54) is 4.31 Å². The number of nitrogens with zero attached hydrogens (tertiary/aromatic N) is 2. The van der Waals surface area contributed by atoms with E-state index in [4.69, 9.17) is 0 Å². The second-order valence-corrected chi connectivity index (χ2v) is 7.63. The summed E-state index contributed by atoms with van der Waals surface area (Å²) >= 11 is 0. The quantitative estimate of drug-likeness (QED) is 0.849. The maximum Gasteiger partial charge on any atom is 0.255 e.